The summed E-state index contributed by atoms with van der Waals surface area (Å²) in [7, 11) is 0. The van der Waals surface area contributed by atoms with Crippen LogP contribution in [0.15, 0.2) is 36.5 Å². The van der Waals surface area contributed by atoms with Gasteiger partial charge in [-0.3, -0.25) is 9.48 Å². The molecule has 0 unspecified atom stereocenters. The van der Waals surface area contributed by atoms with Gasteiger partial charge >= 0.3 is 0 Å². The maximum Gasteiger partial charge on any atom is 0.272 e. The number of carbonyl (C=O) groups is 1. The van der Waals surface area contributed by atoms with Crippen molar-refractivity contribution in [1.82, 2.24) is 14.7 Å². The zero-order chi connectivity index (χ0) is 17.8. The quantitative estimate of drug-likeness (QED) is 0.807. The van der Waals surface area contributed by atoms with Crippen LogP contribution in [0.25, 0.3) is 0 Å². The van der Waals surface area contributed by atoms with Crippen LogP contribution in [0.2, 0.25) is 0 Å². The van der Waals surface area contributed by atoms with Crippen molar-refractivity contribution in [3.8, 4) is 0 Å². The van der Waals surface area contributed by atoms with Crippen LogP contribution in [-0.4, -0.2) is 39.8 Å². The number of carbonyl (C=O) groups excluding carboxylic acids is 1. The molecule has 0 bridgehead atoms. The van der Waals surface area contributed by atoms with E-state index in [0.29, 0.717) is 18.8 Å². The van der Waals surface area contributed by atoms with Gasteiger partial charge < -0.3 is 9.64 Å². The zero-order valence-corrected chi connectivity index (χ0v) is 15.3. The fourth-order valence-corrected chi connectivity index (χ4v) is 3.30. The van der Waals surface area contributed by atoms with Crippen molar-refractivity contribution in [2.45, 2.75) is 52.3 Å². The van der Waals surface area contributed by atoms with Crippen LogP contribution in [0.4, 0.5) is 0 Å². The topological polar surface area (TPSA) is 47.4 Å². The van der Waals surface area contributed by atoms with E-state index in [4.69, 9.17) is 4.74 Å². The largest absolute Gasteiger partial charge is 0.376 e. The zero-order valence-electron chi connectivity index (χ0n) is 15.3. The Kier molecular flexibility index (Phi) is 5.53. The second kappa shape index (κ2) is 7.83. The summed E-state index contributed by atoms with van der Waals surface area (Å²) in [6.45, 7) is 8.17. The smallest absolute Gasteiger partial charge is 0.272 e. The molecular formula is C20H27N3O2. The van der Waals surface area contributed by atoms with E-state index in [1.165, 1.54) is 11.1 Å². The fraction of sp³-hybridized carbons (Fsp3) is 0.500. The molecule has 1 aromatic heterocycles. The molecule has 0 aliphatic carbocycles. The van der Waals surface area contributed by atoms with Crippen molar-refractivity contribution in [2.24, 2.45) is 0 Å². The number of nitrogens with zero attached hydrogens (tertiary/aromatic N) is 3. The molecule has 2 heterocycles. The molecule has 1 aliphatic rings. The summed E-state index contributed by atoms with van der Waals surface area (Å²) >= 11 is 0. The predicted octanol–water partition coefficient (Wildman–Crippen LogP) is 3.59. The van der Waals surface area contributed by atoms with E-state index >= 15 is 0 Å². The molecule has 25 heavy (non-hydrogen) atoms. The lowest BCUT2D eigenvalue weighted by Crippen LogP contribution is -2.38. The van der Waals surface area contributed by atoms with Gasteiger partial charge in [0, 0.05) is 31.9 Å². The molecule has 1 atom stereocenters. The average molecular weight is 341 g/mol. The number of aromatic nitrogens is 2. The number of hydrogen-bond donors (Lipinski definition) is 0. The molecule has 5 heteroatoms. The Bertz CT molecular complexity index is 717. The summed E-state index contributed by atoms with van der Waals surface area (Å²) in [4.78, 5) is 15.2. The number of amides is 1. The van der Waals surface area contributed by atoms with Crippen LogP contribution in [-0.2, 0) is 11.3 Å². The van der Waals surface area contributed by atoms with Gasteiger partial charge in [-0.05, 0) is 50.8 Å². The lowest BCUT2D eigenvalue weighted by molar-refractivity contribution is 0.0496. The van der Waals surface area contributed by atoms with Crippen molar-refractivity contribution >= 4 is 5.91 Å². The molecular weight excluding hydrogens is 314 g/mol. The SMILES string of the molecule is Cc1ccccc1CN(C[C@@H]1CCCO1)C(=O)c1ccnn1C(C)C. The van der Waals surface area contributed by atoms with Crippen molar-refractivity contribution in [2.75, 3.05) is 13.2 Å². The predicted molar refractivity (Wildman–Crippen MR) is 97.5 cm³/mol. The van der Waals surface area contributed by atoms with Crippen LogP contribution >= 0.6 is 0 Å². The Morgan fingerprint density at radius 1 is 1.36 bits per heavy atom. The second-order valence-corrected chi connectivity index (χ2v) is 7.00. The maximum atomic E-state index is 13.2. The van der Waals surface area contributed by atoms with E-state index in [2.05, 4.69) is 24.2 Å². The van der Waals surface area contributed by atoms with Crippen molar-refractivity contribution in [1.29, 1.82) is 0 Å². The Morgan fingerprint density at radius 2 is 2.16 bits per heavy atom. The first-order valence-electron chi connectivity index (χ1n) is 9.05. The van der Waals surface area contributed by atoms with Crippen molar-refractivity contribution in [3.05, 3.63) is 53.3 Å². The Balaban J connectivity index is 1.85. The van der Waals surface area contributed by atoms with Gasteiger partial charge in [0.15, 0.2) is 0 Å². The van der Waals surface area contributed by atoms with E-state index < -0.39 is 0 Å². The number of ether oxygens (including phenoxy) is 1. The molecule has 1 aromatic carbocycles. The standard InChI is InChI=1S/C20H27N3O2/c1-15(2)23-19(10-11-21-23)20(24)22(14-18-9-6-12-25-18)13-17-8-5-4-7-16(17)3/h4-5,7-8,10-11,15,18H,6,9,12-14H2,1-3H3/t18-/m0/s1. The summed E-state index contributed by atoms with van der Waals surface area (Å²) in [6.07, 6.45) is 3.91. The van der Waals surface area contributed by atoms with E-state index in [0.717, 1.165) is 19.4 Å². The molecule has 0 radical (unpaired) electrons. The third-order valence-electron chi connectivity index (χ3n) is 4.74. The molecule has 5 nitrogen and oxygen atoms in total. The lowest BCUT2D eigenvalue weighted by Gasteiger charge is -2.27. The van der Waals surface area contributed by atoms with Gasteiger partial charge in [-0.1, -0.05) is 24.3 Å². The fourth-order valence-electron chi connectivity index (χ4n) is 3.30. The molecule has 1 fully saturated rings. The first kappa shape index (κ1) is 17.7. The molecule has 1 aliphatic heterocycles. The molecule has 0 spiro atoms. The third-order valence-corrected chi connectivity index (χ3v) is 4.74. The van der Waals surface area contributed by atoms with Gasteiger partial charge in [-0.2, -0.15) is 5.10 Å². The van der Waals surface area contributed by atoms with Crippen LogP contribution in [0.1, 0.15) is 54.3 Å². The highest BCUT2D eigenvalue weighted by Gasteiger charge is 2.26. The maximum absolute atomic E-state index is 13.2. The summed E-state index contributed by atoms with van der Waals surface area (Å²) in [5.41, 5.74) is 3.01. The summed E-state index contributed by atoms with van der Waals surface area (Å²) < 4.78 is 7.57. The highest BCUT2D eigenvalue weighted by atomic mass is 16.5. The Hall–Kier alpha value is -2.14. The number of hydrogen-bond acceptors (Lipinski definition) is 3. The van der Waals surface area contributed by atoms with Crippen molar-refractivity contribution < 1.29 is 9.53 Å². The number of benzene rings is 1. The summed E-state index contributed by atoms with van der Waals surface area (Å²) in [5.74, 6) is 0.0185. The van der Waals surface area contributed by atoms with E-state index in [-0.39, 0.29) is 18.1 Å². The van der Waals surface area contributed by atoms with Crippen LogP contribution in [0, 0.1) is 6.92 Å². The third kappa shape index (κ3) is 4.10. The summed E-state index contributed by atoms with van der Waals surface area (Å²) in [6, 6.07) is 10.2. The van der Waals surface area contributed by atoms with Crippen LogP contribution < -0.4 is 0 Å². The van der Waals surface area contributed by atoms with Crippen molar-refractivity contribution in [3.63, 3.8) is 0 Å². The second-order valence-electron chi connectivity index (χ2n) is 7.00. The monoisotopic (exact) mass is 341 g/mol. The highest BCUT2D eigenvalue weighted by Crippen LogP contribution is 2.19. The Labute approximate surface area is 149 Å². The molecule has 1 saturated heterocycles. The highest BCUT2D eigenvalue weighted by molar-refractivity contribution is 5.92. The van der Waals surface area contributed by atoms with Gasteiger partial charge in [0.25, 0.3) is 5.91 Å². The minimum atomic E-state index is 0.0185. The van der Waals surface area contributed by atoms with Crippen LogP contribution in [0.5, 0.6) is 0 Å². The molecule has 1 amide bonds. The van der Waals surface area contributed by atoms with Gasteiger partial charge in [0.2, 0.25) is 0 Å². The van der Waals surface area contributed by atoms with Gasteiger partial charge in [0.1, 0.15) is 5.69 Å². The molecule has 134 valence electrons. The van der Waals surface area contributed by atoms with Gasteiger partial charge in [0.05, 0.1) is 6.10 Å². The molecule has 0 N–H and O–H groups in total. The van der Waals surface area contributed by atoms with E-state index in [1.54, 1.807) is 10.9 Å². The van der Waals surface area contributed by atoms with Gasteiger partial charge in [-0.15, -0.1) is 0 Å². The van der Waals surface area contributed by atoms with E-state index in [9.17, 15) is 4.79 Å². The minimum absolute atomic E-state index is 0.0185. The first-order valence-corrected chi connectivity index (χ1v) is 9.05. The number of rotatable bonds is 6. The average Bonchev–Trinajstić information content (AvgIpc) is 3.26. The molecule has 0 saturated carbocycles. The molecule has 2 aromatic rings. The Morgan fingerprint density at radius 3 is 2.84 bits per heavy atom. The van der Waals surface area contributed by atoms with Crippen LogP contribution in [0.3, 0.4) is 0 Å². The lowest BCUT2D eigenvalue weighted by atomic mass is 10.1. The normalized spacial score (nSPS) is 17.2. The van der Waals surface area contributed by atoms with E-state index in [1.807, 2.05) is 36.9 Å². The first-order chi connectivity index (χ1) is 12.1. The minimum Gasteiger partial charge on any atom is -0.376 e. The van der Waals surface area contributed by atoms with Gasteiger partial charge in [-0.25, -0.2) is 0 Å². The number of aryl methyl sites for hydroxylation is 1. The summed E-state index contributed by atoms with van der Waals surface area (Å²) in [5, 5.41) is 4.31. The molecule has 3 rings (SSSR count).